The maximum atomic E-state index is 6.20. The van der Waals surface area contributed by atoms with Gasteiger partial charge in [0.15, 0.2) is 0 Å². The molecule has 0 heterocycles. The Hall–Kier alpha value is -0.860. The monoisotopic (exact) mass is 219 g/mol. The van der Waals surface area contributed by atoms with Crippen LogP contribution < -0.4 is 5.73 Å². The van der Waals surface area contributed by atoms with Crippen LogP contribution in [0.15, 0.2) is 30.3 Å². The van der Waals surface area contributed by atoms with Gasteiger partial charge in [0.2, 0.25) is 0 Å². The molecule has 1 saturated carbocycles. The van der Waals surface area contributed by atoms with E-state index in [0.29, 0.717) is 6.61 Å². The van der Waals surface area contributed by atoms with Gasteiger partial charge in [0.25, 0.3) is 0 Å². The maximum absolute atomic E-state index is 6.20. The van der Waals surface area contributed by atoms with E-state index in [9.17, 15) is 0 Å². The van der Waals surface area contributed by atoms with Crippen molar-refractivity contribution >= 4 is 0 Å². The Kier molecular flexibility index (Phi) is 3.31. The van der Waals surface area contributed by atoms with E-state index in [-0.39, 0.29) is 17.6 Å². The van der Waals surface area contributed by atoms with Crippen LogP contribution in [0.5, 0.6) is 0 Å². The van der Waals surface area contributed by atoms with E-state index in [1.54, 1.807) is 0 Å². The third-order valence-corrected chi connectivity index (χ3v) is 3.68. The number of rotatable bonds is 3. The lowest BCUT2D eigenvalue weighted by molar-refractivity contribution is 0.0259. The second-order valence-corrected chi connectivity index (χ2v) is 5.39. The van der Waals surface area contributed by atoms with E-state index in [0.717, 1.165) is 12.8 Å². The first-order chi connectivity index (χ1) is 7.59. The predicted molar refractivity (Wildman–Crippen MR) is 66.0 cm³/mol. The Balaban J connectivity index is 1.88. The van der Waals surface area contributed by atoms with Crippen LogP contribution in [-0.2, 0) is 11.3 Å². The van der Waals surface area contributed by atoms with Crippen LogP contribution in [0.25, 0.3) is 0 Å². The highest BCUT2D eigenvalue weighted by Gasteiger charge is 2.39. The van der Waals surface area contributed by atoms with E-state index in [4.69, 9.17) is 10.5 Å². The van der Waals surface area contributed by atoms with Gasteiger partial charge in [-0.15, -0.1) is 0 Å². The van der Waals surface area contributed by atoms with Crippen molar-refractivity contribution in [1.82, 2.24) is 0 Å². The highest BCUT2D eigenvalue weighted by molar-refractivity contribution is 5.13. The number of hydrogen-bond donors (Lipinski definition) is 1. The van der Waals surface area contributed by atoms with Crippen molar-refractivity contribution in [2.75, 3.05) is 0 Å². The van der Waals surface area contributed by atoms with Gasteiger partial charge in [0.05, 0.1) is 12.7 Å². The molecule has 2 atom stereocenters. The van der Waals surface area contributed by atoms with E-state index < -0.39 is 0 Å². The average Bonchev–Trinajstić information content (AvgIpc) is 2.54. The lowest BCUT2D eigenvalue weighted by atomic mass is 9.88. The van der Waals surface area contributed by atoms with Gasteiger partial charge in [-0.2, -0.15) is 0 Å². The first-order valence-corrected chi connectivity index (χ1v) is 6.01. The van der Waals surface area contributed by atoms with Crippen molar-refractivity contribution in [3.63, 3.8) is 0 Å². The number of hydrogen-bond acceptors (Lipinski definition) is 2. The minimum atomic E-state index is 0.163. The van der Waals surface area contributed by atoms with Crippen molar-refractivity contribution in [2.24, 2.45) is 11.1 Å². The zero-order valence-electron chi connectivity index (χ0n) is 10.1. The van der Waals surface area contributed by atoms with Crippen molar-refractivity contribution in [2.45, 2.75) is 45.4 Å². The summed E-state index contributed by atoms with van der Waals surface area (Å²) in [6.07, 6.45) is 2.46. The second kappa shape index (κ2) is 4.56. The van der Waals surface area contributed by atoms with Crippen molar-refractivity contribution in [3.8, 4) is 0 Å². The van der Waals surface area contributed by atoms with Crippen LogP contribution in [0.2, 0.25) is 0 Å². The summed E-state index contributed by atoms with van der Waals surface area (Å²) in [6.45, 7) is 5.13. The van der Waals surface area contributed by atoms with Gasteiger partial charge in [-0.05, 0) is 23.8 Å². The molecule has 2 unspecified atom stereocenters. The quantitative estimate of drug-likeness (QED) is 0.848. The normalized spacial score (nSPS) is 28.2. The molecule has 1 aromatic carbocycles. The van der Waals surface area contributed by atoms with Crippen LogP contribution in [0.1, 0.15) is 32.3 Å². The summed E-state index contributed by atoms with van der Waals surface area (Å²) < 4.78 is 5.91. The average molecular weight is 219 g/mol. The fourth-order valence-electron chi connectivity index (χ4n) is 2.33. The fourth-order valence-corrected chi connectivity index (χ4v) is 2.33. The van der Waals surface area contributed by atoms with E-state index in [1.165, 1.54) is 5.56 Å². The van der Waals surface area contributed by atoms with Crippen molar-refractivity contribution in [3.05, 3.63) is 35.9 Å². The van der Waals surface area contributed by atoms with Crippen molar-refractivity contribution < 1.29 is 4.74 Å². The fraction of sp³-hybridized carbons (Fsp3) is 0.571. The third-order valence-electron chi connectivity index (χ3n) is 3.68. The molecule has 1 aromatic rings. The Morgan fingerprint density at radius 2 is 2.00 bits per heavy atom. The Morgan fingerprint density at radius 3 is 2.56 bits per heavy atom. The lowest BCUT2D eigenvalue weighted by Gasteiger charge is -2.26. The van der Waals surface area contributed by atoms with E-state index in [1.807, 2.05) is 18.2 Å². The number of benzene rings is 1. The molecule has 0 amide bonds. The molecule has 2 rings (SSSR count). The molecule has 0 spiro atoms. The Bertz CT molecular complexity index is 334. The molecule has 0 radical (unpaired) electrons. The predicted octanol–water partition coefficient (Wildman–Crippen LogP) is 2.72. The van der Waals surface area contributed by atoms with E-state index >= 15 is 0 Å². The summed E-state index contributed by atoms with van der Waals surface area (Å²) in [5, 5.41) is 0. The third kappa shape index (κ3) is 2.45. The SMILES string of the molecule is CC1(C)CCC(OCc2ccccc2)C1N. The first kappa shape index (κ1) is 11.6. The molecule has 1 aliphatic carbocycles. The molecule has 0 saturated heterocycles. The summed E-state index contributed by atoms with van der Waals surface area (Å²) in [5.74, 6) is 0. The highest BCUT2D eigenvalue weighted by Crippen LogP contribution is 2.37. The van der Waals surface area contributed by atoms with Crippen LogP contribution in [0.3, 0.4) is 0 Å². The van der Waals surface area contributed by atoms with Crippen LogP contribution in [0, 0.1) is 5.41 Å². The first-order valence-electron chi connectivity index (χ1n) is 6.01. The van der Waals surface area contributed by atoms with Gasteiger partial charge < -0.3 is 10.5 Å². The zero-order chi connectivity index (χ0) is 11.6. The highest BCUT2D eigenvalue weighted by atomic mass is 16.5. The number of ether oxygens (including phenoxy) is 1. The molecule has 0 aromatic heterocycles. The van der Waals surface area contributed by atoms with Crippen LogP contribution in [-0.4, -0.2) is 12.1 Å². The summed E-state index contributed by atoms with van der Waals surface area (Å²) in [7, 11) is 0. The van der Waals surface area contributed by atoms with Crippen LogP contribution >= 0.6 is 0 Å². The summed E-state index contributed by atoms with van der Waals surface area (Å²) in [4.78, 5) is 0. The van der Waals surface area contributed by atoms with Crippen molar-refractivity contribution in [1.29, 1.82) is 0 Å². The molecule has 2 heteroatoms. The van der Waals surface area contributed by atoms with Gasteiger partial charge in [0, 0.05) is 6.04 Å². The van der Waals surface area contributed by atoms with Gasteiger partial charge >= 0.3 is 0 Å². The Morgan fingerprint density at radius 1 is 1.31 bits per heavy atom. The molecular formula is C14H21NO. The van der Waals surface area contributed by atoms with Gasteiger partial charge in [-0.3, -0.25) is 0 Å². The van der Waals surface area contributed by atoms with Gasteiger partial charge in [-0.1, -0.05) is 44.2 Å². The van der Waals surface area contributed by atoms with E-state index in [2.05, 4.69) is 26.0 Å². The molecule has 0 bridgehead atoms. The number of nitrogens with two attached hydrogens (primary N) is 1. The lowest BCUT2D eigenvalue weighted by Crippen LogP contribution is -2.41. The molecule has 1 aliphatic rings. The summed E-state index contributed by atoms with van der Waals surface area (Å²) >= 11 is 0. The molecule has 88 valence electrons. The van der Waals surface area contributed by atoms with Gasteiger partial charge in [0.1, 0.15) is 0 Å². The minimum absolute atomic E-state index is 0.163. The zero-order valence-corrected chi connectivity index (χ0v) is 10.1. The summed E-state index contributed by atoms with van der Waals surface area (Å²) in [6, 6.07) is 10.4. The minimum Gasteiger partial charge on any atom is -0.372 e. The Labute approximate surface area is 97.8 Å². The summed E-state index contributed by atoms with van der Waals surface area (Å²) in [5.41, 5.74) is 7.64. The topological polar surface area (TPSA) is 35.2 Å². The smallest absolute Gasteiger partial charge is 0.0735 e. The van der Waals surface area contributed by atoms with Gasteiger partial charge in [-0.25, -0.2) is 0 Å². The standard InChI is InChI=1S/C14H21NO/c1-14(2)9-8-12(13(14)15)16-10-11-6-4-3-5-7-11/h3-7,12-13H,8-10,15H2,1-2H3. The molecule has 0 aliphatic heterocycles. The molecule has 16 heavy (non-hydrogen) atoms. The second-order valence-electron chi connectivity index (χ2n) is 5.39. The molecule has 2 nitrogen and oxygen atoms in total. The molecule has 1 fully saturated rings. The largest absolute Gasteiger partial charge is 0.372 e. The molecule has 2 N–H and O–H groups in total. The molecular weight excluding hydrogens is 198 g/mol. The maximum Gasteiger partial charge on any atom is 0.0735 e. The van der Waals surface area contributed by atoms with Crippen LogP contribution in [0.4, 0.5) is 0 Å².